The van der Waals surface area contributed by atoms with E-state index in [0.29, 0.717) is 26.4 Å². The molecule has 2 unspecified atom stereocenters. The van der Waals surface area contributed by atoms with Crippen molar-refractivity contribution in [2.45, 2.75) is 6.04 Å². The van der Waals surface area contributed by atoms with Crippen molar-refractivity contribution in [1.82, 2.24) is 10.2 Å². The molecule has 104 valence electrons. The van der Waals surface area contributed by atoms with Crippen molar-refractivity contribution in [3.05, 3.63) is 0 Å². The zero-order chi connectivity index (χ0) is 13.5. The largest absolute Gasteiger partial charge is 0.383 e. The van der Waals surface area contributed by atoms with Crippen LogP contribution in [0.2, 0.25) is 0 Å². The van der Waals surface area contributed by atoms with Gasteiger partial charge in [0.25, 0.3) is 0 Å². The van der Waals surface area contributed by atoms with Crippen molar-refractivity contribution < 1.29 is 19.1 Å². The van der Waals surface area contributed by atoms with Crippen molar-refractivity contribution in [3.63, 3.8) is 0 Å². The Morgan fingerprint density at radius 1 is 1.50 bits per heavy atom. The highest BCUT2D eigenvalue weighted by molar-refractivity contribution is 5.86. The van der Waals surface area contributed by atoms with Gasteiger partial charge in [-0.15, -0.1) is 0 Å². The molecule has 7 heteroatoms. The van der Waals surface area contributed by atoms with E-state index < -0.39 is 0 Å². The van der Waals surface area contributed by atoms with Crippen molar-refractivity contribution in [2.24, 2.45) is 11.7 Å². The Bertz CT molecular complexity index is 298. The first-order chi connectivity index (χ1) is 8.56. The third kappa shape index (κ3) is 4.25. The van der Waals surface area contributed by atoms with E-state index in [9.17, 15) is 9.59 Å². The van der Waals surface area contributed by atoms with E-state index in [1.54, 1.807) is 14.2 Å². The molecule has 7 nitrogen and oxygen atoms in total. The number of nitrogens with zero attached hydrogens (tertiary/aromatic N) is 1. The lowest BCUT2D eigenvalue weighted by molar-refractivity contribution is -0.138. The number of amides is 2. The Morgan fingerprint density at radius 3 is 2.78 bits per heavy atom. The molecule has 3 N–H and O–H groups in total. The van der Waals surface area contributed by atoms with E-state index in [0.717, 1.165) is 0 Å². The van der Waals surface area contributed by atoms with Crippen LogP contribution in [0.3, 0.4) is 0 Å². The van der Waals surface area contributed by atoms with E-state index in [1.165, 1.54) is 4.90 Å². The fraction of sp³-hybridized carbons (Fsp3) is 0.818. The van der Waals surface area contributed by atoms with Crippen molar-refractivity contribution in [2.75, 3.05) is 47.1 Å². The topological polar surface area (TPSA) is 93.9 Å². The molecule has 0 aromatic rings. The number of hydrogen-bond donors (Lipinski definition) is 2. The molecule has 1 heterocycles. The maximum Gasteiger partial charge on any atom is 0.239 e. The molecule has 1 saturated heterocycles. The van der Waals surface area contributed by atoms with E-state index >= 15 is 0 Å². The molecular weight excluding hydrogens is 238 g/mol. The van der Waals surface area contributed by atoms with E-state index in [-0.39, 0.29) is 30.3 Å². The molecule has 0 bridgehead atoms. The molecule has 0 aliphatic carbocycles. The van der Waals surface area contributed by atoms with Crippen molar-refractivity contribution >= 4 is 11.8 Å². The summed E-state index contributed by atoms with van der Waals surface area (Å²) < 4.78 is 9.95. The van der Waals surface area contributed by atoms with Gasteiger partial charge in [0.05, 0.1) is 32.3 Å². The van der Waals surface area contributed by atoms with Crippen molar-refractivity contribution in [3.8, 4) is 0 Å². The number of nitrogens with two attached hydrogens (primary N) is 1. The number of rotatable bonds is 6. The van der Waals surface area contributed by atoms with Gasteiger partial charge >= 0.3 is 0 Å². The highest BCUT2D eigenvalue weighted by Crippen LogP contribution is 2.13. The zero-order valence-electron chi connectivity index (χ0n) is 10.8. The zero-order valence-corrected chi connectivity index (χ0v) is 10.8. The summed E-state index contributed by atoms with van der Waals surface area (Å²) in [6.45, 7) is 1.62. The molecule has 1 rings (SSSR count). The first-order valence-corrected chi connectivity index (χ1v) is 5.90. The SMILES string of the molecule is COCCNC(=O)CN(C)C(=O)C1COCC1N. The van der Waals surface area contributed by atoms with Crippen LogP contribution >= 0.6 is 0 Å². The number of methoxy groups -OCH3 is 1. The number of carbonyl (C=O) groups excluding carboxylic acids is 2. The number of hydrogen-bond acceptors (Lipinski definition) is 5. The van der Waals surface area contributed by atoms with E-state index in [1.807, 2.05) is 0 Å². The minimum absolute atomic E-state index is 0.0196. The molecule has 0 saturated carbocycles. The monoisotopic (exact) mass is 259 g/mol. The Hall–Kier alpha value is -1.18. The molecule has 0 spiro atoms. The van der Waals surface area contributed by atoms with Gasteiger partial charge in [0.2, 0.25) is 11.8 Å². The summed E-state index contributed by atoms with van der Waals surface area (Å²) in [5.74, 6) is -0.709. The summed E-state index contributed by atoms with van der Waals surface area (Å²) >= 11 is 0. The quantitative estimate of drug-likeness (QED) is 0.548. The van der Waals surface area contributed by atoms with Gasteiger partial charge in [-0.05, 0) is 0 Å². The Kier molecular flexibility index (Phi) is 6.03. The number of likely N-dealkylation sites (N-methyl/N-ethyl adjacent to an activating group) is 1. The van der Waals surface area contributed by atoms with Crippen LogP contribution in [0, 0.1) is 5.92 Å². The van der Waals surface area contributed by atoms with Gasteiger partial charge in [0.1, 0.15) is 0 Å². The smallest absolute Gasteiger partial charge is 0.239 e. The van der Waals surface area contributed by atoms with Gasteiger partial charge in [-0.25, -0.2) is 0 Å². The molecular formula is C11H21N3O4. The van der Waals surface area contributed by atoms with Crippen LogP contribution in [0.5, 0.6) is 0 Å². The molecule has 1 aliphatic rings. The predicted octanol–water partition coefficient (Wildman–Crippen LogP) is -1.82. The second kappa shape index (κ2) is 7.30. The maximum atomic E-state index is 12.0. The summed E-state index contributed by atoms with van der Waals surface area (Å²) in [5.41, 5.74) is 5.76. The van der Waals surface area contributed by atoms with Gasteiger partial charge in [0, 0.05) is 26.7 Å². The van der Waals surface area contributed by atoms with Gasteiger partial charge in [-0.3, -0.25) is 9.59 Å². The average molecular weight is 259 g/mol. The predicted molar refractivity (Wildman–Crippen MR) is 64.8 cm³/mol. The Balaban J connectivity index is 2.32. The molecule has 2 atom stereocenters. The standard InChI is InChI=1S/C11H21N3O4/c1-14(5-10(15)13-3-4-17-2)11(16)8-6-18-7-9(8)12/h8-9H,3-7,12H2,1-2H3,(H,13,15). The molecule has 0 aromatic carbocycles. The van der Waals surface area contributed by atoms with Crippen LogP contribution in [-0.2, 0) is 19.1 Å². The fourth-order valence-electron chi connectivity index (χ4n) is 1.75. The summed E-state index contributed by atoms with van der Waals surface area (Å²) in [6, 6.07) is -0.281. The van der Waals surface area contributed by atoms with Gasteiger partial charge < -0.3 is 25.4 Å². The summed E-state index contributed by atoms with van der Waals surface area (Å²) in [5, 5.41) is 2.65. The Labute approximate surface area is 107 Å². The second-order valence-electron chi connectivity index (χ2n) is 4.34. The van der Waals surface area contributed by atoms with Gasteiger partial charge in [0.15, 0.2) is 0 Å². The maximum absolute atomic E-state index is 12.0. The molecule has 18 heavy (non-hydrogen) atoms. The van der Waals surface area contributed by atoms with Crippen LogP contribution in [0.25, 0.3) is 0 Å². The normalized spacial score (nSPS) is 22.8. The summed E-state index contributed by atoms with van der Waals surface area (Å²) in [6.07, 6.45) is 0. The summed E-state index contributed by atoms with van der Waals surface area (Å²) in [7, 11) is 3.15. The summed E-state index contributed by atoms with van der Waals surface area (Å²) in [4.78, 5) is 24.9. The lowest BCUT2D eigenvalue weighted by Gasteiger charge is -2.21. The van der Waals surface area contributed by atoms with Crippen LogP contribution in [0.4, 0.5) is 0 Å². The first kappa shape index (κ1) is 14.9. The molecule has 0 radical (unpaired) electrons. The van der Waals surface area contributed by atoms with Crippen LogP contribution in [0.15, 0.2) is 0 Å². The molecule has 2 amide bonds. The third-order valence-corrected chi connectivity index (χ3v) is 2.83. The average Bonchev–Trinajstić information content (AvgIpc) is 2.74. The number of nitrogens with one attached hydrogen (secondary N) is 1. The highest BCUT2D eigenvalue weighted by Gasteiger charge is 2.33. The molecule has 1 aliphatic heterocycles. The molecule has 0 aromatic heterocycles. The molecule has 1 fully saturated rings. The van der Waals surface area contributed by atoms with Crippen LogP contribution in [-0.4, -0.2) is 69.8 Å². The minimum Gasteiger partial charge on any atom is -0.383 e. The number of ether oxygens (including phenoxy) is 2. The van der Waals surface area contributed by atoms with E-state index in [2.05, 4.69) is 5.32 Å². The first-order valence-electron chi connectivity index (χ1n) is 5.90. The third-order valence-electron chi connectivity index (χ3n) is 2.83. The van der Waals surface area contributed by atoms with Crippen LogP contribution in [0.1, 0.15) is 0 Å². The van der Waals surface area contributed by atoms with E-state index in [4.69, 9.17) is 15.2 Å². The van der Waals surface area contributed by atoms with Gasteiger partial charge in [-0.2, -0.15) is 0 Å². The minimum atomic E-state index is -0.346. The Morgan fingerprint density at radius 2 is 2.22 bits per heavy atom. The number of carbonyl (C=O) groups is 2. The van der Waals surface area contributed by atoms with Gasteiger partial charge in [-0.1, -0.05) is 0 Å². The highest BCUT2D eigenvalue weighted by atomic mass is 16.5. The fourth-order valence-corrected chi connectivity index (χ4v) is 1.75. The van der Waals surface area contributed by atoms with Crippen LogP contribution < -0.4 is 11.1 Å². The lowest BCUT2D eigenvalue weighted by atomic mass is 10.0. The second-order valence-corrected chi connectivity index (χ2v) is 4.34. The van der Waals surface area contributed by atoms with Crippen molar-refractivity contribution in [1.29, 1.82) is 0 Å². The lowest BCUT2D eigenvalue weighted by Crippen LogP contribution is -2.45.